The fourth-order valence-electron chi connectivity index (χ4n) is 3.33. The van der Waals surface area contributed by atoms with Gasteiger partial charge in [-0.2, -0.15) is 5.10 Å². The van der Waals surface area contributed by atoms with Crippen LogP contribution in [0, 0.1) is 6.92 Å². The minimum atomic E-state index is 0.00165. The lowest BCUT2D eigenvalue weighted by Gasteiger charge is -2.25. The zero-order valence-electron chi connectivity index (χ0n) is 13.2. The molecule has 1 unspecified atom stereocenters. The second kappa shape index (κ2) is 5.91. The highest BCUT2D eigenvalue weighted by atomic mass is 79.9. The van der Waals surface area contributed by atoms with Crippen LogP contribution in [0.2, 0.25) is 0 Å². The summed E-state index contributed by atoms with van der Waals surface area (Å²) in [6.45, 7) is 2.00. The standard InChI is InChI=1S/C19H16BrN3O/c1-12-18-15(14-9-5-6-10-16(14)20)11-17(24)21-19(18)23(22-12)13-7-3-2-4-8-13/h2-10,15H,11H2,1H3,(H,21,24). The van der Waals surface area contributed by atoms with Gasteiger partial charge < -0.3 is 5.32 Å². The van der Waals surface area contributed by atoms with Gasteiger partial charge in [-0.05, 0) is 30.7 Å². The van der Waals surface area contributed by atoms with E-state index in [1.54, 1.807) is 0 Å². The number of benzene rings is 2. The van der Waals surface area contributed by atoms with Gasteiger partial charge >= 0.3 is 0 Å². The van der Waals surface area contributed by atoms with E-state index in [9.17, 15) is 4.79 Å². The van der Waals surface area contributed by atoms with Crippen LogP contribution in [0.5, 0.6) is 0 Å². The quantitative estimate of drug-likeness (QED) is 0.714. The molecule has 0 saturated carbocycles. The SMILES string of the molecule is Cc1nn(-c2ccccc2)c2c1C(c1ccccc1Br)CC(=O)N2. The topological polar surface area (TPSA) is 46.9 Å². The van der Waals surface area contributed by atoms with Crippen molar-refractivity contribution in [1.82, 2.24) is 9.78 Å². The number of aryl methyl sites for hydroxylation is 1. The molecule has 0 saturated heterocycles. The lowest BCUT2D eigenvalue weighted by molar-refractivity contribution is -0.116. The van der Waals surface area contributed by atoms with E-state index in [4.69, 9.17) is 0 Å². The highest BCUT2D eigenvalue weighted by molar-refractivity contribution is 9.10. The Hall–Kier alpha value is -2.40. The Morgan fingerprint density at radius 1 is 1.12 bits per heavy atom. The van der Waals surface area contributed by atoms with Crippen molar-refractivity contribution in [2.45, 2.75) is 19.3 Å². The molecule has 1 amide bonds. The van der Waals surface area contributed by atoms with E-state index < -0.39 is 0 Å². The Morgan fingerprint density at radius 2 is 1.83 bits per heavy atom. The van der Waals surface area contributed by atoms with Crippen molar-refractivity contribution < 1.29 is 4.79 Å². The van der Waals surface area contributed by atoms with Crippen LogP contribution in [0.3, 0.4) is 0 Å². The number of hydrogen-bond donors (Lipinski definition) is 1. The minimum Gasteiger partial charge on any atom is -0.310 e. The van der Waals surface area contributed by atoms with Crippen LogP contribution in [0.15, 0.2) is 59.1 Å². The van der Waals surface area contributed by atoms with Crippen molar-refractivity contribution in [2.24, 2.45) is 0 Å². The number of fused-ring (bicyclic) bond motifs is 1. The van der Waals surface area contributed by atoms with E-state index in [0.717, 1.165) is 32.8 Å². The molecule has 1 N–H and O–H groups in total. The summed E-state index contributed by atoms with van der Waals surface area (Å²) in [4.78, 5) is 12.3. The number of amides is 1. The summed E-state index contributed by atoms with van der Waals surface area (Å²) in [5, 5.41) is 7.70. The van der Waals surface area contributed by atoms with E-state index in [1.807, 2.05) is 60.1 Å². The minimum absolute atomic E-state index is 0.00165. The number of para-hydroxylation sites is 1. The lowest BCUT2D eigenvalue weighted by atomic mass is 9.86. The molecule has 120 valence electrons. The average molecular weight is 382 g/mol. The summed E-state index contributed by atoms with van der Waals surface area (Å²) in [5.74, 6) is 0.790. The van der Waals surface area contributed by atoms with Crippen LogP contribution >= 0.6 is 15.9 Å². The van der Waals surface area contributed by atoms with Gasteiger partial charge in [0.1, 0.15) is 5.82 Å². The fourth-order valence-corrected chi connectivity index (χ4v) is 3.89. The predicted octanol–water partition coefficient (Wildman–Crippen LogP) is 4.42. The third-order valence-electron chi connectivity index (χ3n) is 4.38. The molecule has 5 heteroatoms. The molecule has 0 bridgehead atoms. The molecule has 1 atom stereocenters. The summed E-state index contributed by atoms with van der Waals surface area (Å²) in [6.07, 6.45) is 0.428. The molecule has 24 heavy (non-hydrogen) atoms. The number of carbonyl (C=O) groups excluding carboxylic acids is 1. The van der Waals surface area contributed by atoms with Crippen molar-refractivity contribution in [3.63, 3.8) is 0 Å². The molecule has 2 heterocycles. The molecule has 4 nitrogen and oxygen atoms in total. The van der Waals surface area contributed by atoms with Gasteiger partial charge in [0.25, 0.3) is 0 Å². The Bertz CT molecular complexity index is 918. The van der Waals surface area contributed by atoms with Crippen LogP contribution < -0.4 is 5.32 Å². The van der Waals surface area contributed by atoms with Gasteiger partial charge in [-0.15, -0.1) is 0 Å². The highest BCUT2D eigenvalue weighted by Gasteiger charge is 2.33. The smallest absolute Gasteiger partial charge is 0.226 e. The maximum atomic E-state index is 12.3. The number of hydrogen-bond acceptors (Lipinski definition) is 2. The van der Waals surface area contributed by atoms with Crippen molar-refractivity contribution >= 4 is 27.7 Å². The number of halogens is 1. The van der Waals surface area contributed by atoms with Gasteiger partial charge in [-0.25, -0.2) is 4.68 Å². The van der Waals surface area contributed by atoms with Gasteiger partial charge in [0.15, 0.2) is 0 Å². The van der Waals surface area contributed by atoms with Crippen molar-refractivity contribution in [1.29, 1.82) is 0 Å². The van der Waals surface area contributed by atoms with E-state index in [1.165, 1.54) is 0 Å². The van der Waals surface area contributed by atoms with E-state index in [-0.39, 0.29) is 11.8 Å². The zero-order valence-corrected chi connectivity index (χ0v) is 14.7. The lowest BCUT2D eigenvalue weighted by Crippen LogP contribution is -2.25. The van der Waals surface area contributed by atoms with Gasteiger partial charge in [-0.1, -0.05) is 52.3 Å². The number of nitrogens with zero attached hydrogens (tertiary/aromatic N) is 2. The molecule has 4 rings (SSSR count). The number of anilines is 1. The highest BCUT2D eigenvalue weighted by Crippen LogP contribution is 2.42. The predicted molar refractivity (Wildman–Crippen MR) is 97.5 cm³/mol. The molecule has 0 spiro atoms. The van der Waals surface area contributed by atoms with E-state index >= 15 is 0 Å². The Morgan fingerprint density at radius 3 is 2.58 bits per heavy atom. The van der Waals surface area contributed by atoms with Gasteiger partial charge in [0, 0.05) is 22.4 Å². The van der Waals surface area contributed by atoms with Gasteiger partial charge in [0.2, 0.25) is 5.91 Å². The van der Waals surface area contributed by atoms with Crippen LogP contribution in [0.4, 0.5) is 5.82 Å². The summed E-state index contributed by atoms with van der Waals surface area (Å²) < 4.78 is 2.84. The molecule has 0 aliphatic carbocycles. The van der Waals surface area contributed by atoms with Crippen LogP contribution in [0.1, 0.15) is 29.2 Å². The zero-order chi connectivity index (χ0) is 16.7. The van der Waals surface area contributed by atoms with E-state index in [0.29, 0.717) is 6.42 Å². The second-order valence-electron chi connectivity index (χ2n) is 5.92. The first-order chi connectivity index (χ1) is 11.6. The van der Waals surface area contributed by atoms with Gasteiger partial charge in [-0.3, -0.25) is 4.79 Å². The fraction of sp³-hybridized carbons (Fsp3) is 0.158. The number of carbonyl (C=O) groups is 1. The molecule has 2 aromatic carbocycles. The molecule has 3 aromatic rings. The maximum Gasteiger partial charge on any atom is 0.226 e. The summed E-state index contributed by atoms with van der Waals surface area (Å²) in [7, 11) is 0. The van der Waals surface area contributed by atoms with Gasteiger partial charge in [0.05, 0.1) is 11.4 Å². The summed E-state index contributed by atoms with van der Waals surface area (Å²) >= 11 is 3.62. The normalized spacial score (nSPS) is 16.6. The third-order valence-corrected chi connectivity index (χ3v) is 5.11. The number of nitrogens with one attached hydrogen (secondary N) is 1. The van der Waals surface area contributed by atoms with Crippen molar-refractivity contribution in [3.8, 4) is 5.69 Å². The second-order valence-corrected chi connectivity index (χ2v) is 6.78. The number of rotatable bonds is 2. The van der Waals surface area contributed by atoms with Crippen molar-refractivity contribution in [2.75, 3.05) is 5.32 Å². The molecule has 0 fully saturated rings. The Balaban J connectivity index is 1.91. The molecule has 0 radical (unpaired) electrons. The summed E-state index contributed by atoms with van der Waals surface area (Å²) in [6, 6.07) is 17.9. The molecule has 1 aliphatic heterocycles. The number of aromatic nitrogens is 2. The van der Waals surface area contributed by atoms with Crippen LogP contribution in [-0.2, 0) is 4.79 Å². The maximum absolute atomic E-state index is 12.3. The van der Waals surface area contributed by atoms with Crippen molar-refractivity contribution in [3.05, 3.63) is 75.9 Å². The first-order valence-corrected chi connectivity index (χ1v) is 8.63. The van der Waals surface area contributed by atoms with E-state index in [2.05, 4.69) is 32.4 Å². The molecule has 1 aromatic heterocycles. The largest absolute Gasteiger partial charge is 0.310 e. The van der Waals surface area contributed by atoms with Crippen LogP contribution in [-0.4, -0.2) is 15.7 Å². The molecular formula is C19H16BrN3O. The Kier molecular flexibility index (Phi) is 3.73. The first kappa shape index (κ1) is 15.1. The first-order valence-electron chi connectivity index (χ1n) is 7.84. The molecular weight excluding hydrogens is 366 g/mol. The average Bonchev–Trinajstić information content (AvgIpc) is 2.92. The Labute approximate surface area is 148 Å². The summed E-state index contributed by atoms with van der Waals surface area (Å²) in [5.41, 5.74) is 4.08. The third kappa shape index (κ3) is 2.45. The van der Waals surface area contributed by atoms with Crippen LogP contribution in [0.25, 0.3) is 5.69 Å². The molecule has 1 aliphatic rings. The monoisotopic (exact) mass is 381 g/mol.